The number of ether oxygens (including phenoxy) is 1. The second-order valence-corrected chi connectivity index (χ2v) is 10.2. The number of piperazine rings is 1. The van der Waals surface area contributed by atoms with Crippen molar-refractivity contribution in [3.8, 4) is 22.6 Å². The molecule has 40 heavy (non-hydrogen) atoms. The molecule has 1 aliphatic heterocycles. The highest BCUT2D eigenvalue weighted by Gasteiger charge is 2.25. The number of amides is 1. The number of hydrogen-bond donors (Lipinski definition) is 1. The number of carbonyl (C=O) groups is 1. The lowest BCUT2D eigenvalue weighted by molar-refractivity contribution is -0.130. The van der Waals surface area contributed by atoms with E-state index in [1.807, 2.05) is 54.4 Å². The first-order valence-electron chi connectivity index (χ1n) is 13.6. The Morgan fingerprint density at radius 3 is 2.45 bits per heavy atom. The fraction of sp³-hybridized carbons (Fsp3) is 0.281. The molecule has 0 saturated carbocycles. The Kier molecular flexibility index (Phi) is 8.24. The van der Waals surface area contributed by atoms with Crippen molar-refractivity contribution in [3.63, 3.8) is 0 Å². The molecule has 1 fully saturated rings. The maximum absolute atomic E-state index is 14.4. The Bertz CT molecular complexity index is 1470. The van der Waals surface area contributed by atoms with Crippen LogP contribution >= 0.6 is 0 Å². The van der Waals surface area contributed by atoms with Crippen molar-refractivity contribution in [2.45, 2.75) is 26.2 Å². The van der Waals surface area contributed by atoms with E-state index in [1.165, 1.54) is 18.5 Å². The van der Waals surface area contributed by atoms with Gasteiger partial charge in [-0.1, -0.05) is 50.2 Å². The Morgan fingerprint density at radius 2 is 1.73 bits per heavy atom. The summed E-state index contributed by atoms with van der Waals surface area (Å²) >= 11 is 0. The lowest BCUT2D eigenvalue weighted by Crippen LogP contribution is -2.49. The maximum Gasteiger partial charge on any atom is 0.227 e. The van der Waals surface area contributed by atoms with Crippen molar-refractivity contribution in [2.24, 2.45) is 0 Å². The van der Waals surface area contributed by atoms with Gasteiger partial charge >= 0.3 is 0 Å². The van der Waals surface area contributed by atoms with Crippen molar-refractivity contribution < 1.29 is 13.9 Å². The summed E-state index contributed by atoms with van der Waals surface area (Å²) in [6, 6.07) is 20.5. The van der Waals surface area contributed by atoms with Crippen LogP contribution in [0.3, 0.4) is 0 Å². The lowest BCUT2D eigenvalue weighted by Gasteiger charge is -2.36. The number of aromatic nitrogens is 2. The number of hydrogen-bond acceptors (Lipinski definition) is 6. The second kappa shape index (κ2) is 12.2. The van der Waals surface area contributed by atoms with E-state index in [9.17, 15) is 9.18 Å². The first-order chi connectivity index (χ1) is 19.4. The van der Waals surface area contributed by atoms with Gasteiger partial charge in [0.25, 0.3) is 0 Å². The van der Waals surface area contributed by atoms with Gasteiger partial charge in [-0.05, 0) is 52.9 Å². The molecule has 3 aromatic carbocycles. The van der Waals surface area contributed by atoms with E-state index in [1.54, 1.807) is 12.3 Å². The summed E-state index contributed by atoms with van der Waals surface area (Å²) in [6.07, 6.45) is 3.50. The van der Waals surface area contributed by atoms with E-state index in [0.717, 1.165) is 22.4 Å². The third-order valence-electron chi connectivity index (χ3n) is 7.22. The smallest absolute Gasteiger partial charge is 0.227 e. The third kappa shape index (κ3) is 6.06. The summed E-state index contributed by atoms with van der Waals surface area (Å²) in [7, 11) is 1.87. The fourth-order valence-electron chi connectivity index (χ4n) is 5.03. The van der Waals surface area contributed by atoms with Gasteiger partial charge in [-0.3, -0.25) is 4.79 Å². The lowest BCUT2D eigenvalue weighted by atomic mass is 9.92. The number of nitrogens with one attached hydrogen (secondary N) is 1. The molecule has 2 heterocycles. The number of anilines is 2. The zero-order valence-corrected chi connectivity index (χ0v) is 23.1. The first-order valence-corrected chi connectivity index (χ1v) is 13.6. The van der Waals surface area contributed by atoms with Crippen LogP contribution in [-0.4, -0.2) is 54.0 Å². The van der Waals surface area contributed by atoms with E-state index < -0.39 is 0 Å². The van der Waals surface area contributed by atoms with Gasteiger partial charge in [0, 0.05) is 44.5 Å². The minimum atomic E-state index is -0.329. The standard InChI is InChI=1S/C32H34FN5O2/c1-22(2)26-6-4-5-7-27(26)28-19-24(33)10-13-29(28)40-30-20-35-21-36-32(30)38-16-14-37(15-17-38)31(39)18-23-8-11-25(34-3)12-9-23/h4-13,19-22,34H,14-18H2,1-3H3. The molecule has 0 bridgehead atoms. The summed E-state index contributed by atoms with van der Waals surface area (Å²) in [5.74, 6) is 1.71. The molecule has 1 aromatic heterocycles. The van der Waals surface area contributed by atoms with E-state index >= 15 is 0 Å². The number of rotatable bonds is 8. The van der Waals surface area contributed by atoms with Crippen LogP contribution in [0.1, 0.15) is 30.9 Å². The fourth-order valence-corrected chi connectivity index (χ4v) is 5.03. The van der Waals surface area contributed by atoms with Gasteiger partial charge in [0.1, 0.15) is 17.9 Å². The summed E-state index contributed by atoms with van der Waals surface area (Å²) < 4.78 is 20.8. The number of halogens is 1. The molecule has 1 N–H and O–H groups in total. The van der Waals surface area contributed by atoms with Gasteiger partial charge in [0.05, 0.1) is 12.6 Å². The first kappa shape index (κ1) is 27.1. The quantitative estimate of drug-likeness (QED) is 0.290. The molecule has 0 radical (unpaired) electrons. The van der Waals surface area contributed by atoms with Crippen LogP contribution in [0.2, 0.25) is 0 Å². The Hall–Kier alpha value is -4.46. The highest BCUT2D eigenvalue weighted by Crippen LogP contribution is 2.39. The average Bonchev–Trinajstić information content (AvgIpc) is 2.99. The predicted octanol–water partition coefficient (Wildman–Crippen LogP) is 6.13. The zero-order valence-electron chi connectivity index (χ0n) is 23.1. The highest BCUT2D eigenvalue weighted by molar-refractivity contribution is 5.79. The van der Waals surface area contributed by atoms with E-state index in [2.05, 4.69) is 40.1 Å². The molecule has 206 valence electrons. The summed E-state index contributed by atoms with van der Waals surface area (Å²) in [4.78, 5) is 25.7. The number of benzene rings is 3. The van der Waals surface area contributed by atoms with E-state index in [-0.39, 0.29) is 17.6 Å². The molecule has 5 rings (SSSR count). The highest BCUT2D eigenvalue weighted by atomic mass is 19.1. The largest absolute Gasteiger partial charge is 0.451 e. The molecular formula is C32H34FN5O2. The minimum absolute atomic E-state index is 0.107. The molecule has 0 unspecified atom stereocenters. The van der Waals surface area contributed by atoms with Crippen LogP contribution in [-0.2, 0) is 11.2 Å². The monoisotopic (exact) mass is 539 g/mol. The van der Waals surface area contributed by atoms with Gasteiger partial charge in [-0.15, -0.1) is 0 Å². The van der Waals surface area contributed by atoms with Crippen molar-refractivity contribution in [1.82, 2.24) is 14.9 Å². The van der Waals surface area contributed by atoms with Gasteiger partial charge < -0.3 is 19.9 Å². The zero-order chi connectivity index (χ0) is 28.1. The molecule has 4 aromatic rings. The number of nitrogens with zero attached hydrogens (tertiary/aromatic N) is 4. The topological polar surface area (TPSA) is 70.6 Å². The molecular weight excluding hydrogens is 505 g/mol. The van der Waals surface area contributed by atoms with Gasteiger partial charge in [0.2, 0.25) is 5.91 Å². The van der Waals surface area contributed by atoms with Gasteiger partial charge in [-0.2, -0.15) is 0 Å². The molecule has 0 aliphatic carbocycles. The van der Waals surface area contributed by atoms with Gasteiger partial charge in [-0.25, -0.2) is 14.4 Å². The second-order valence-electron chi connectivity index (χ2n) is 10.2. The van der Waals surface area contributed by atoms with Crippen LogP contribution in [0.5, 0.6) is 11.5 Å². The Morgan fingerprint density at radius 1 is 0.975 bits per heavy atom. The third-order valence-corrected chi connectivity index (χ3v) is 7.22. The molecule has 8 heteroatoms. The minimum Gasteiger partial charge on any atom is -0.451 e. The molecule has 0 spiro atoms. The molecule has 7 nitrogen and oxygen atoms in total. The van der Waals surface area contributed by atoms with Crippen LogP contribution in [0.25, 0.3) is 11.1 Å². The molecule has 1 amide bonds. The Balaban J connectivity index is 1.32. The maximum atomic E-state index is 14.4. The van der Waals surface area contributed by atoms with Crippen LogP contribution in [0, 0.1) is 5.82 Å². The predicted molar refractivity (Wildman–Crippen MR) is 157 cm³/mol. The van der Waals surface area contributed by atoms with Gasteiger partial charge in [0.15, 0.2) is 11.6 Å². The van der Waals surface area contributed by atoms with Crippen LogP contribution in [0.15, 0.2) is 79.3 Å². The summed E-state index contributed by atoms with van der Waals surface area (Å²) in [5, 5.41) is 3.09. The summed E-state index contributed by atoms with van der Waals surface area (Å²) in [6.45, 7) is 6.63. The normalized spacial score (nSPS) is 13.4. The van der Waals surface area contributed by atoms with Crippen molar-refractivity contribution in [3.05, 3.63) is 96.2 Å². The molecule has 1 aliphatic rings. The van der Waals surface area contributed by atoms with Crippen LogP contribution < -0.4 is 15.0 Å². The van der Waals surface area contributed by atoms with E-state index in [4.69, 9.17) is 4.74 Å². The van der Waals surface area contributed by atoms with Crippen molar-refractivity contribution in [2.75, 3.05) is 43.4 Å². The molecule has 1 saturated heterocycles. The Labute approximate surface area is 234 Å². The molecule has 0 atom stereocenters. The number of carbonyl (C=O) groups excluding carboxylic acids is 1. The summed E-state index contributed by atoms with van der Waals surface area (Å²) in [5.41, 5.74) is 4.73. The van der Waals surface area contributed by atoms with Crippen molar-refractivity contribution >= 4 is 17.4 Å². The SMILES string of the molecule is CNc1ccc(CC(=O)N2CCN(c3ncncc3Oc3ccc(F)cc3-c3ccccc3C(C)C)CC2)cc1. The average molecular weight is 540 g/mol. The van der Waals surface area contributed by atoms with Crippen molar-refractivity contribution in [1.29, 1.82) is 0 Å². The van der Waals surface area contributed by atoms with E-state index in [0.29, 0.717) is 55.5 Å². The van der Waals surface area contributed by atoms with Crippen LogP contribution in [0.4, 0.5) is 15.9 Å².